The lowest BCUT2D eigenvalue weighted by atomic mass is 9.83. The molecule has 1 aliphatic carbocycles. The van der Waals surface area contributed by atoms with Crippen LogP contribution in [0.5, 0.6) is 0 Å². The first kappa shape index (κ1) is 11.4. The van der Waals surface area contributed by atoms with Crippen LogP contribution in [-0.2, 0) is 0 Å². The highest BCUT2D eigenvalue weighted by atomic mass is 15.5. The third-order valence-corrected chi connectivity index (χ3v) is 3.88. The van der Waals surface area contributed by atoms with Crippen molar-refractivity contribution in [1.29, 1.82) is 0 Å². The van der Waals surface area contributed by atoms with Gasteiger partial charge in [0.1, 0.15) is 0 Å². The van der Waals surface area contributed by atoms with Crippen molar-refractivity contribution >= 4 is 11.5 Å². The second-order valence-electron chi connectivity index (χ2n) is 4.95. The van der Waals surface area contributed by atoms with Gasteiger partial charge in [0, 0.05) is 6.04 Å². The van der Waals surface area contributed by atoms with Gasteiger partial charge in [-0.3, -0.25) is 4.98 Å². The van der Waals surface area contributed by atoms with Crippen molar-refractivity contribution < 1.29 is 0 Å². The molecule has 2 aromatic rings. The van der Waals surface area contributed by atoms with Gasteiger partial charge in [-0.15, -0.1) is 5.10 Å². The van der Waals surface area contributed by atoms with Crippen LogP contribution in [0.1, 0.15) is 39.0 Å². The van der Waals surface area contributed by atoms with Gasteiger partial charge in [-0.2, -0.15) is 4.52 Å². The summed E-state index contributed by atoms with van der Waals surface area (Å²) >= 11 is 0. The molecular weight excluding hydrogens is 228 g/mol. The van der Waals surface area contributed by atoms with Gasteiger partial charge in [0.2, 0.25) is 0 Å². The number of nitrogens with one attached hydrogen (secondary N) is 1. The zero-order valence-corrected chi connectivity index (χ0v) is 10.6. The lowest BCUT2D eigenvalue weighted by Gasteiger charge is -2.32. The quantitative estimate of drug-likeness (QED) is 0.895. The number of rotatable bonds is 3. The largest absolute Gasteiger partial charge is 0.366 e. The summed E-state index contributed by atoms with van der Waals surface area (Å²) < 4.78 is 1.72. The van der Waals surface area contributed by atoms with Gasteiger partial charge in [0.15, 0.2) is 11.5 Å². The third-order valence-electron chi connectivity index (χ3n) is 3.88. The van der Waals surface area contributed by atoms with E-state index < -0.39 is 0 Å². The summed E-state index contributed by atoms with van der Waals surface area (Å²) in [6.07, 6.45) is 9.87. The molecule has 6 heteroatoms. The fourth-order valence-electron chi connectivity index (χ4n) is 2.85. The van der Waals surface area contributed by atoms with Crippen LogP contribution in [-0.4, -0.2) is 31.1 Å². The van der Waals surface area contributed by atoms with Gasteiger partial charge in [0.05, 0.1) is 12.4 Å². The van der Waals surface area contributed by atoms with E-state index in [1.165, 1.54) is 32.1 Å². The van der Waals surface area contributed by atoms with Gasteiger partial charge in [-0.05, 0) is 29.2 Å². The van der Waals surface area contributed by atoms with Gasteiger partial charge in [-0.25, -0.2) is 0 Å². The molecule has 0 amide bonds. The zero-order valence-electron chi connectivity index (χ0n) is 10.6. The standard InChI is InChI=1S/C12H18N6/c1-2-9-5-3-4-6-10(9)14-11-7-13-8-12-15-16-17-18(11)12/h7-10,14H,2-6H2,1H3. The van der Waals surface area contributed by atoms with Gasteiger partial charge in [0.25, 0.3) is 0 Å². The lowest BCUT2D eigenvalue weighted by molar-refractivity contribution is 0.316. The molecule has 1 fully saturated rings. The molecule has 6 nitrogen and oxygen atoms in total. The monoisotopic (exact) mass is 246 g/mol. The Bertz CT molecular complexity index is 522. The van der Waals surface area contributed by atoms with Gasteiger partial charge in [-0.1, -0.05) is 26.2 Å². The van der Waals surface area contributed by atoms with E-state index in [4.69, 9.17) is 0 Å². The van der Waals surface area contributed by atoms with E-state index in [0.717, 1.165) is 11.7 Å². The van der Waals surface area contributed by atoms with Crippen LogP contribution in [0, 0.1) is 5.92 Å². The summed E-state index contributed by atoms with van der Waals surface area (Å²) in [7, 11) is 0. The molecule has 1 aliphatic rings. The molecule has 0 aromatic carbocycles. The molecule has 96 valence electrons. The number of anilines is 1. The van der Waals surface area contributed by atoms with Gasteiger partial charge >= 0.3 is 0 Å². The van der Waals surface area contributed by atoms with E-state index >= 15 is 0 Å². The first-order chi connectivity index (χ1) is 8.88. The Labute approximate surface area is 106 Å². The molecule has 18 heavy (non-hydrogen) atoms. The van der Waals surface area contributed by atoms with Crippen molar-refractivity contribution in [2.75, 3.05) is 5.32 Å². The summed E-state index contributed by atoms with van der Waals surface area (Å²) in [5.74, 6) is 1.63. The SMILES string of the molecule is CCC1CCCCC1Nc1cncc2nnnn12. The minimum Gasteiger partial charge on any atom is -0.366 e. The second kappa shape index (κ2) is 4.88. The van der Waals surface area contributed by atoms with E-state index in [0.29, 0.717) is 11.7 Å². The third kappa shape index (κ3) is 2.02. The Hall–Kier alpha value is -1.72. The van der Waals surface area contributed by atoms with Crippen LogP contribution in [0.4, 0.5) is 5.82 Å². The van der Waals surface area contributed by atoms with Crippen molar-refractivity contribution in [3.05, 3.63) is 12.4 Å². The summed E-state index contributed by atoms with van der Waals surface area (Å²) in [5, 5.41) is 15.1. The van der Waals surface area contributed by atoms with Crippen molar-refractivity contribution in [1.82, 2.24) is 25.0 Å². The van der Waals surface area contributed by atoms with Crippen LogP contribution in [0.2, 0.25) is 0 Å². The molecule has 0 bridgehead atoms. The zero-order chi connectivity index (χ0) is 12.4. The Morgan fingerprint density at radius 3 is 3.11 bits per heavy atom. The molecule has 3 rings (SSSR count). The summed E-state index contributed by atoms with van der Waals surface area (Å²) in [6, 6.07) is 0.514. The van der Waals surface area contributed by atoms with E-state index in [1.54, 1.807) is 16.9 Å². The number of nitrogens with zero attached hydrogens (tertiary/aromatic N) is 5. The number of aromatic nitrogens is 5. The summed E-state index contributed by atoms with van der Waals surface area (Å²) in [4.78, 5) is 4.18. The first-order valence-corrected chi connectivity index (χ1v) is 6.67. The predicted octanol–water partition coefficient (Wildman–Crippen LogP) is 1.90. The molecule has 1 saturated carbocycles. The van der Waals surface area contributed by atoms with Crippen LogP contribution in [0.25, 0.3) is 5.65 Å². The van der Waals surface area contributed by atoms with Crippen LogP contribution < -0.4 is 5.32 Å². The maximum absolute atomic E-state index is 4.18. The van der Waals surface area contributed by atoms with Crippen molar-refractivity contribution in [3.63, 3.8) is 0 Å². The van der Waals surface area contributed by atoms with E-state index in [9.17, 15) is 0 Å². The summed E-state index contributed by atoms with van der Waals surface area (Å²) in [6.45, 7) is 2.26. The number of hydrogen-bond donors (Lipinski definition) is 1. The molecule has 1 N–H and O–H groups in total. The Morgan fingerprint density at radius 1 is 1.33 bits per heavy atom. The fraction of sp³-hybridized carbons (Fsp3) is 0.667. The van der Waals surface area contributed by atoms with E-state index in [2.05, 4.69) is 32.7 Å². The lowest BCUT2D eigenvalue weighted by Crippen LogP contribution is -2.32. The first-order valence-electron chi connectivity index (χ1n) is 6.67. The molecule has 2 unspecified atom stereocenters. The summed E-state index contributed by atoms with van der Waals surface area (Å²) in [5.41, 5.74) is 0.684. The molecular formula is C12H18N6. The molecule has 0 saturated heterocycles. The molecule has 0 aliphatic heterocycles. The number of fused-ring (bicyclic) bond motifs is 1. The van der Waals surface area contributed by atoms with Crippen molar-refractivity contribution in [2.24, 2.45) is 5.92 Å². The second-order valence-corrected chi connectivity index (χ2v) is 4.95. The average molecular weight is 246 g/mol. The molecule has 0 radical (unpaired) electrons. The molecule has 2 heterocycles. The van der Waals surface area contributed by atoms with Crippen LogP contribution in [0.15, 0.2) is 12.4 Å². The van der Waals surface area contributed by atoms with Crippen LogP contribution >= 0.6 is 0 Å². The smallest absolute Gasteiger partial charge is 0.199 e. The topological polar surface area (TPSA) is 68.0 Å². The Balaban J connectivity index is 1.84. The van der Waals surface area contributed by atoms with Crippen LogP contribution in [0.3, 0.4) is 0 Å². The Kier molecular flexibility index (Phi) is 3.08. The predicted molar refractivity (Wildman–Crippen MR) is 68.2 cm³/mol. The minimum absolute atomic E-state index is 0.514. The highest BCUT2D eigenvalue weighted by Gasteiger charge is 2.24. The van der Waals surface area contributed by atoms with Crippen molar-refractivity contribution in [2.45, 2.75) is 45.1 Å². The van der Waals surface area contributed by atoms with Gasteiger partial charge < -0.3 is 5.32 Å². The number of hydrogen-bond acceptors (Lipinski definition) is 5. The fourth-order valence-corrected chi connectivity index (χ4v) is 2.85. The Morgan fingerprint density at radius 2 is 2.22 bits per heavy atom. The highest BCUT2D eigenvalue weighted by molar-refractivity contribution is 5.44. The van der Waals surface area contributed by atoms with Crippen molar-refractivity contribution in [3.8, 4) is 0 Å². The average Bonchev–Trinajstić information content (AvgIpc) is 2.89. The highest BCUT2D eigenvalue weighted by Crippen LogP contribution is 2.29. The van der Waals surface area contributed by atoms with E-state index in [-0.39, 0.29) is 0 Å². The van der Waals surface area contributed by atoms with E-state index in [1.807, 2.05) is 0 Å². The maximum Gasteiger partial charge on any atom is 0.199 e. The maximum atomic E-state index is 4.18. The normalized spacial score (nSPS) is 24.3. The minimum atomic E-state index is 0.514. The molecule has 2 atom stereocenters. The molecule has 2 aromatic heterocycles. The number of tetrazole rings is 1. The molecule has 0 spiro atoms.